The Labute approximate surface area is 138 Å². The second kappa shape index (κ2) is 6.14. The number of nitrogens with two attached hydrogens (primary N) is 1. The molecule has 4 N–H and O–H groups in total. The van der Waals surface area contributed by atoms with Crippen LogP contribution in [0.5, 0.6) is 5.75 Å². The minimum absolute atomic E-state index is 0.0772. The molecule has 1 aromatic heterocycles. The summed E-state index contributed by atoms with van der Waals surface area (Å²) in [5, 5.41) is 23.8. The lowest BCUT2D eigenvalue weighted by Gasteiger charge is -2.14. The molecule has 3 rings (SSSR count). The van der Waals surface area contributed by atoms with Crippen LogP contribution >= 0.6 is 11.3 Å². The van der Waals surface area contributed by atoms with Crippen molar-refractivity contribution in [3.8, 4) is 27.3 Å². The summed E-state index contributed by atoms with van der Waals surface area (Å²) < 4.78 is 0. The van der Waals surface area contributed by atoms with E-state index < -0.39 is 0 Å². The molecule has 0 bridgehead atoms. The van der Waals surface area contributed by atoms with Crippen molar-refractivity contribution in [3.05, 3.63) is 65.0 Å². The van der Waals surface area contributed by atoms with Crippen molar-refractivity contribution in [2.24, 2.45) is 10.9 Å². The van der Waals surface area contributed by atoms with Crippen LogP contribution in [0.15, 0.2) is 59.1 Å². The Kier molecular flexibility index (Phi) is 4.04. The summed E-state index contributed by atoms with van der Waals surface area (Å²) in [6.07, 6.45) is 0. The van der Waals surface area contributed by atoms with Gasteiger partial charge in [-0.15, -0.1) is 11.3 Å². The van der Waals surface area contributed by atoms with Gasteiger partial charge in [0.25, 0.3) is 0 Å². The zero-order chi connectivity index (χ0) is 16.4. The van der Waals surface area contributed by atoms with Gasteiger partial charge >= 0.3 is 0 Å². The number of rotatable bonds is 3. The molecule has 0 aliphatic rings. The van der Waals surface area contributed by atoms with Gasteiger partial charge in [-0.2, -0.15) is 0 Å². The molecule has 0 aliphatic carbocycles. The Morgan fingerprint density at radius 3 is 2.43 bits per heavy atom. The normalized spacial score (nSPS) is 11.6. The van der Waals surface area contributed by atoms with Crippen LogP contribution in [0.3, 0.4) is 0 Å². The van der Waals surface area contributed by atoms with Crippen molar-refractivity contribution in [2.45, 2.75) is 6.92 Å². The molecule has 3 aromatic rings. The number of aromatic hydroxyl groups is 1. The van der Waals surface area contributed by atoms with Crippen molar-refractivity contribution in [1.29, 1.82) is 0 Å². The second-order valence-corrected chi connectivity index (χ2v) is 6.11. The number of thiophene rings is 1. The van der Waals surface area contributed by atoms with Crippen LogP contribution in [0.4, 0.5) is 0 Å². The molecular formula is C18H16N2O2S. The number of hydrogen-bond donors (Lipinski definition) is 3. The van der Waals surface area contributed by atoms with Crippen LogP contribution in [-0.4, -0.2) is 16.1 Å². The molecule has 0 spiro atoms. The summed E-state index contributed by atoms with van der Waals surface area (Å²) in [4.78, 5) is 1.08. The van der Waals surface area contributed by atoms with E-state index in [4.69, 9.17) is 10.9 Å². The van der Waals surface area contributed by atoms with E-state index in [0.29, 0.717) is 5.56 Å². The third kappa shape index (κ3) is 2.78. The van der Waals surface area contributed by atoms with Gasteiger partial charge in [-0.25, -0.2) is 0 Å². The lowest BCUT2D eigenvalue weighted by Crippen LogP contribution is -2.14. The van der Waals surface area contributed by atoms with Gasteiger partial charge in [0.05, 0.1) is 0 Å². The Balaban J connectivity index is 2.32. The molecule has 0 saturated carbocycles. The summed E-state index contributed by atoms with van der Waals surface area (Å²) in [7, 11) is 0. The topological polar surface area (TPSA) is 78.8 Å². The molecule has 0 unspecified atom stereocenters. The zero-order valence-corrected chi connectivity index (χ0v) is 13.3. The van der Waals surface area contributed by atoms with Gasteiger partial charge in [0.15, 0.2) is 5.84 Å². The number of phenolic OH excluding ortho intramolecular Hbond substituents is 1. The first-order valence-corrected chi connectivity index (χ1v) is 7.94. The minimum atomic E-state index is 0.0772. The van der Waals surface area contributed by atoms with Crippen LogP contribution in [0.25, 0.3) is 21.6 Å². The fourth-order valence-electron chi connectivity index (χ4n) is 2.57. The Bertz CT molecular complexity index is 867. The molecule has 23 heavy (non-hydrogen) atoms. The summed E-state index contributed by atoms with van der Waals surface area (Å²) in [6.45, 7) is 2.04. The monoisotopic (exact) mass is 324 g/mol. The van der Waals surface area contributed by atoms with Crippen molar-refractivity contribution in [1.82, 2.24) is 0 Å². The molecular weight excluding hydrogens is 308 g/mol. The summed E-state index contributed by atoms with van der Waals surface area (Å²) in [6, 6.07) is 14.8. The molecule has 0 aliphatic heterocycles. The Morgan fingerprint density at radius 1 is 1.09 bits per heavy atom. The summed E-state index contributed by atoms with van der Waals surface area (Å²) in [5.74, 6) is 0.295. The quantitative estimate of drug-likeness (QED) is 0.292. The van der Waals surface area contributed by atoms with Gasteiger partial charge < -0.3 is 16.0 Å². The Hall–Kier alpha value is -2.79. The van der Waals surface area contributed by atoms with E-state index in [0.717, 1.165) is 27.1 Å². The van der Waals surface area contributed by atoms with Crippen molar-refractivity contribution < 1.29 is 10.3 Å². The van der Waals surface area contributed by atoms with Gasteiger partial charge in [-0.3, -0.25) is 0 Å². The molecule has 0 amide bonds. The fourth-order valence-corrected chi connectivity index (χ4v) is 3.57. The average Bonchev–Trinajstić information content (AvgIpc) is 3.00. The van der Waals surface area contributed by atoms with Gasteiger partial charge in [-0.1, -0.05) is 35.5 Å². The Morgan fingerprint density at radius 2 is 1.83 bits per heavy atom. The largest absolute Gasteiger partial charge is 0.508 e. The second-order valence-electron chi connectivity index (χ2n) is 5.19. The average molecular weight is 324 g/mol. The van der Waals surface area contributed by atoms with Crippen LogP contribution in [0, 0.1) is 6.92 Å². The number of amidine groups is 1. The highest BCUT2D eigenvalue weighted by Crippen LogP contribution is 2.39. The molecule has 0 atom stereocenters. The van der Waals surface area contributed by atoms with Crippen molar-refractivity contribution >= 4 is 17.2 Å². The molecule has 4 nitrogen and oxygen atoms in total. The maximum Gasteiger partial charge on any atom is 0.170 e. The standard InChI is InChI=1S/C18H16N2O2S/c1-11-9-10-23-17(11)16-14(12-5-7-13(21)8-6-12)3-2-4-15(16)18(19)20-22/h2-10,21-22H,1H3,(H2,19,20). The highest BCUT2D eigenvalue weighted by Gasteiger charge is 2.17. The summed E-state index contributed by atoms with van der Waals surface area (Å²) in [5.41, 5.74) is 10.6. The predicted octanol–water partition coefficient (Wildman–Crippen LogP) is 4.19. The van der Waals surface area contributed by atoms with Gasteiger partial charge in [0, 0.05) is 16.0 Å². The predicted molar refractivity (Wildman–Crippen MR) is 94.1 cm³/mol. The van der Waals surface area contributed by atoms with Crippen LogP contribution < -0.4 is 5.73 Å². The molecule has 0 fully saturated rings. The first-order valence-electron chi connectivity index (χ1n) is 7.06. The molecule has 0 radical (unpaired) electrons. The van der Waals surface area contributed by atoms with E-state index in [2.05, 4.69) is 5.16 Å². The first kappa shape index (κ1) is 15.1. The SMILES string of the molecule is Cc1ccsc1-c1c(/C(N)=N/O)cccc1-c1ccc(O)cc1. The van der Waals surface area contributed by atoms with Crippen LogP contribution in [-0.2, 0) is 0 Å². The lowest BCUT2D eigenvalue weighted by atomic mass is 9.92. The van der Waals surface area contributed by atoms with Crippen molar-refractivity contribution in [3.63, 3.8) is 0 Å². The number of benzene rings is 2. The fraction of sp³-hybridized carbons (Fsp3) is 0.0556. The molecule has 1 heterocycles. The molecule has 0 saturated heterocycles. The first-order chi connectivity index (χ1) is 11.1. The van der Waals surface area contributed by atoms with E-state index in [1.807, 2.05) is 48.7 Å². The zero-order valence-electron chi connectivity index (χ0n) is 12.5. The van der Waals surface area contributed by atoms with Gasteiger partial charge in [0.2, 0.25) is 0 Å². The highest BCUT2D eigenvalue weighted by molar-refractivity contribution is 7.13. The van der Waals surface area contributed by atoms with Gasteiger partial charge in [-0.05, 0) is 47.2 Å². The number of oxime groups is 1. The lowest BCUT2D eigenvalue weighted by molar-refractivity contribution is 0.318. The molecule has 116 valence electrons. The smallest absolute Gasteiger partial charge is 0.170 e. The van der Waals surface area contributed by atoms with E-state index >= 15 is 0 Å². The third-order valence-electron chi connectivity index (χ3n) is 3.72. The summed E-state index contributed by atoms with van der Waals surface area (Å²) >= 11 is 1.62. The molecule has 5 heteroatoms. The van der Waals surface area contributed by atoms with Crippen LogP contribution in [0.1, 0.15) is 11.1 Å². The van der Waals surface area contributed by atoms with E-state index in [1.165, 1.54) is 0 Å². The third-order valence-corrected chi connectivity index (χ3v) is 4.75. The number of phenols is 1. The van der Waals surface area contributed by atoms with E-state index in [-0.39, 0.29) is 11.6 Å². The van der Waals surface area contributed by atoms with Gasteiger partial charge in [0.1, 0.15) is 5.75 Å². The number of aryl methyl sites for hydroxylation is 1. The molecule has 2 aromatic carbocycles. The number of hydrogen-bond acceptors (Lipinski definition) is 4. The van der Waals surface area contributed by atoms with E-state index in [1.54, 1.807) is 23.5 Å². The highest BCUT2D eigenvalue weighted by atomic mass is 32.1. The maximum absolute atomic E-state index is 9.51. The minimum Gasteiger partial charge on any atom is -0.508 e. The van der Waals surface area contributed by atoms with Crippen molar-refractivity contribution in [2.75, 3.05) is 0 Å². The van der Waals surface area contributed by atoms with Crippen LogP contribution in [0.2, 0.25) is 0 Å². The number of nitrogens with zero attached hydrogens (tertiary/aromatic N) is 1. The maximum atomic E-state index is 9.51. The van der Waals surface area contributed by atoms with E-state index in [9.17, 15) is 5.11 Å².